The second-order valence-corrected chi connectivity index (χ2v) is 9.01. The van der Waals surface area contributed by atoms with Gasteiger partial charge in [-0.3, -0.25) is 4.98 Å². The van der Waals surface area contributed by atoms with E-state index >= 15 is 0 Å². The minimum atomic E-state index is 0.205. The molecule has 38 heavy (non-hydrogen) atoms. The number of rotatable bonds is 7. The van der Waals surface area contributed by atoms with Crippen LogP contribution < -0.4 is 5.32 Å². The molecule has 0 bridgehead atoms. The fraction of sp³-hybridized carbons (Fsp3) is 0.156. The molecule has 0 aliphatic carbocycles. The Balaban J connectivity index is 0.000000431. The summed E-state index contributed by atoms with van der Waals surface area (Å²) >= 11 is 1.49. The SMILES string of the molecule is C=Cc1c(NC)cc(Sc2cccc3cccnc23)c(O)c1C=C.C=O.C=O.CCCc1ccc(C)cc1. The van der Waals surface area contributed by atoms with Crippen LogP contribution in [0.2, 0.25) is 0 Å². The van der Waals surface area contributed by atoms with Gasteiger partial charge in [0.15, 0.2) is 0 Å². The van der Waals surface area contributed by atoms with Gasteiger partial charge in [0.05, 0.1) is 10.4 Å². The van der Waals surface area contributed by atoms with E-state index in [9.17, 15) is 5.11 Å². The molecule has 0 atom stereocenters. The Morgan fingerprint density at radius 2 is 1.55 bits per heavy atom. The van der Waals surface area contributed by atoms with Gasteiger partial charge in [-0.05, 0) is 37.1 Å². The topological polar surface area (TPSA) is 79.3 Å². The molecular weight excluding hydrogens is 492 g/mol. The quantitative estimate of drug-likeness (QED) is 0.237. The number of phenolic OH excluding ortho intramolecular Hbond substituents is 1. The Morgan fingerprint density at radius 3 is 2.13 bits per heavy atom. The van der Waals surface area contributed by atoms with Crippen molar-refractivity contribution in [2.24, 2.45) is 0 Å². The molecule has 0 spiro atoms. The van der Waals surface area contributed by atoms with E-state index in [1.165, 1.54) is 35.7 Å². The summed E-state index contributed by atoms with van der Waals surface area (Å²) in [5, 5.41) is 14.9. The van der Waals surface area contributed by atoms with E-state index in [0.717, 1.165) is 31.9 Å². The lowest BCUT2D eigenvalue weighted by Gasteiger charge is -2.15. The van der Waals surface area contributed by atoms with Crippen molar-refractivity contribution < 1.29 is 14.7 Å². The number of aryl methyl sites for hydroxylation is 2. The Morgan fingerprint density at radius 1 is 0.921 bits per heavy atom. The number of hydrogen-bond donors (Lipinski definition) is 2. The molecular formula is C32H36N2O3S. The van der Waals surface area contributed by atoms with E-state index in [1.807, 2.05) is 57.0 Å². The molecule has 0 saturated carbocycles. The summed E-state index contributed by atoms with van der Waals surface area (Å²) in [5.74, 6) is 0.205. The zero-order valence-corrected chi connectivity index (χ0v) is 23.2. The lowest BCUT2D eigenvalue weighted by Crippen LogP contribution is -1.96. The maximum absolute atomic E-state index is 10.7. The van der Waals surface area contributed by atoms with Crippen molar-refractivity contribution in [3.8, 4) is 5.75 Å². The van der Waals surface area contributed by atoms with Crippen LogP contribution in [0, 0.1) is 6.92 Å². The molecule has 0 amide bonds. The summed E-state index contributed by atoms with van der Waals surface area (Å²) in [4.78, 5) is 22.2. The third-order valence-electron chi connectivity index (χ3n) is 5.50. The summed E-state index contributed by atoms with van der Waals surface area (Å²) in [6, 6.07) is 20.7. The second kappa shape index (κ2) is 17.3. The van der Waals surface area contributed by atoms with Crippen LogP contribution >= 0.6 is 11.8 Å². The molecule has 0 radical (unpaired) electrons. The molecule has 0 saturated heterocycles. The molecule has 198 valence electrons. The molecule has 5 nitrogen and oxygen atoms in total. The summed E-state index contributed by atoms with van der Waals surface area (Å²) in [6.07, 6.45) is 7.60. The van der Waals surface area contributed by atoms with Crippen LogP contribution in [0.1, 0.15) is 35.6 Å². The van der Waals surface area contributed by atoms with Crippen molar-refractivity contribution in [1.82, 2.24) is 4.98 Å². The number of anilines is 1. The first-order valence-electron chi connectivity index (χ1n) is 12.0. The number of carbonyl (C=O) groups excluding carboxylic acids is 2. The molecule has 4 aromatic rings. The molecule has 0 unspecified atom stereocenters. The van der Waals surface area contributed by atoms with Gasteiger partial charge < -0.3 is 20.0 Å². The van der Waals surface area contributed by atoms with Gasteiger partial charge >= 0.3 is 0 Å². The van der Waals surface area contributed by atoms with Gasteiger partial charge in [0.25, 0.3) is 0 Å². The molecule has 3 aromatic carbocycles. The minimum absolute atomic E-state index is 0.205. The molecule has 1 heterocycles. The highest BCUT2D eigenvalue weighted by atomic mass is 32.2. The second-order valence-electron chi connectivity index (χ2n) is 7.93. The number of nitrogens with zero attached hydrogens (tertiary/aromatic N) is 1. The molecule has 0 fully saturated rings. The highest BCUT2D eigenvalue weighted by molar-refractivity contribution is 7.99. The maximum atomic E-state index is 10.7. The number of hydrogen-bond acceptors (Lipinski definition) is 6. The third-order valence-corrected chi connectivity index (χ3v) is 6.58. The van der Waals surface area contributed by atoms with E-state index in [2.05, 4.69) is 61.6 Å². The lowest BCUT2D eigenvalue weighted by molar-refractivity contribution is -0.0987. The Hall–Kier alpha value is -4.16. The number of aromatic nitrogens is 1. The number of phenols is 1. The van der Waals surface area contributed by atoms with Crippen LogP contribution in [0.5, 0.6) is 5.75 Å². The third kappa shape index (κ3) is 8.46. The van der Waals surface area contributed by atoms with E-state index in [0.29, 0.717) is 5.56 Å². The molecule has 0 aliphatic heterocycles. The van der Waals surface area contributed by atoms with E-state index in [4.69, 9.17) is 9.59 Å². The standard InChI is InChI=1S/C20H18N2OS.C10H14.2CH2O/c1-4-14-15(5-2)20(23)18(12-16(14)21-3)24-17-10-6-8-13-9-7-11-22-19(13)17;1-3-4-10-7-5-9(2)6-8-10;2*1-2/h4-12,21,23H,1-2H2,3H3;5-8H,3-4H2,1-2H3;2*1H2. The lowest BCUT2D eigenvalue weighted by atomic mass is 10.0. The Kier molecular flexibility index (Phi) is 14.5. The molecule has 6 heteroatoms. The zero-order chi connectivity index (χ0) is 28.5. The average Bonchev–Trinajstić information content (AvgIpc) is 2.97. The Labute approximate surface area is 230 Å². The fourth-order valence-electron chi connectivity index (χ4n) is 3.71. The maximum Gasteiger partial charge on any atom is 0.137 e. The number of carbonyl (C=O) groups is 2. The largest absolute Gasteiger partial charge is 0.506 e. The molecule has 1 aromatic heterocycles. The van der Waals surface area contributed by atoms with Crippen LogP contribution in [-0.2, 0) is 16.0 Å². The van der Waals surface area contributed by atoms with Crippen LogP contribution in [0.4, 0.5) is 5.69 Å². The summed E-state index contributed by atoms with van der Waals surface area (Å²) in [5.41, 5.74) is 6.13. The highest BCUT2D eigenvalue weighted by Gasteiger charge is 2.15. The van der Waals surface area contributed by atoms with Crippen LogP contribution in [0.3, 0.4) is 0 Å². The zero-order valence-electron chi connectivity index (χ0n) is 22.4. The van der Waals surface area contributed by atoms with Gasteiger partial charge in [-0.25, -0.2) is 0 Å². The summed E-state index contributed by atoms with van der Waals surface area (Å²) in [6.45, 7) is 16.0. The fourth-order valence-corrected chi connectivity index (χ4v) is 4.75. The average molecular weight is 529 g/mol. The van der Waals surface area contributed by atoms with Crippen molar-refractivity contribution in [2.75, 3.05) is 12.4 Å². The van der Waals surface area contributed by atoms with Gasteiger partial charge in [-0.15, -0.1) is 0 Å². The predicted octanol–water partition coefficient (Wildman–Crippen LogP) is 8.00. The molecule has 2 N–H and O–H groups in total. The van der Waals surface area contributed by atoms with Gasteiger partial charge in [0.1, 0.15) is 19.3 Å². The first-order chi connectivity index (χ1) is 18.5. The van der Waals surface area contributed by atoms with Crippen molar-refractivity contribution in [3.63, 3.8) is 0 Å². The molecule has 4 rings (SSSR count). The van der Waals surface area contributed by atoms with Crippen molar-refractivity contribution in [2.45, 2.75) is 36.5 Å². The van der Waals surface area contributed by atoms with Gasteiger partial charge in [-0.1, -0.05) is 98.4 Å². The number of fused-ring (bicyclic) bond motifs is 1. The van der Waals surface area contributed by atoms with Crippen LogP contribution in [0.15, 0.2) is 89.8 Å². The summed E-state index contributed by atoms with van der Waals surface area (Å²) < 4.78 is 0. The van der Waals surface area contributed by atoms with Gasteiger partial charge in [0, 0.05) is 40.3 Å². The number of aromatic hydroxyl groups is 1. The number of nitrogens with one attached hydrogen (secondary N) is 1. The van der Waals surface area contributed by atoms with Crippen molar-refractivity contribution in [3.05, 3.63) is 102 Å². The highest BCUT2D eigenvalue weighted by Crippen LogP contribution is 2.43. The Bertz CT molecular complexity index is 1310. The number of pyridine rings is 1. The van der Waals surface area contributed by atoms with Crippen LogP contribution in [0.25, 0.3) is 23.1 Å². The first-order valence-corrected chi connectivity index (χ1v) is 12.8. The van der Waals surface area contributed by atoms with E-state index < -0.39 is 0 Å². The summed E-state index contributed by atoms with van der Waals surface area (Å²) in [7, 11) is 1.85. The van der Waals surface area contributed by atoms with E-state index in [1.54, 1.807) is 18.3 Å². The van der Waals surface area contributed by atoms with Crippen molar-refractivity contribution >= 4 is 54.1 Å². The van der Waals surface area contributed by atoms with Gasteiger partial charge in [-0.2, -0.15) is 0 Å². The van der Waals surface area contributed by atoms with Crippen LogP contribution in [-0.4, -0.2) is 30.7 Å². The first kappa shape index (κ1) is 31.9. The smallest absolute Gasteiger partial charge is 0.137 e. The van der Waals surface area contributed by atoms with Crippen molar-refractivity contribution in [1.29, 1.82) is 0 Å². The number of benzene rings is 3. The predicted molar refractivity (Wildman–Crippen MR) is 163 cm³/mol. The van der Waals surface area contributed by atoms with E-state index in [-0.39, 0.29) is 5.75 Å². The monoisotopic (exact) mass is 528 g/mol. The normalized spacial score (nSPS) is 9.45. The van der Waals surface area contributed by atoms with Gasteiger partial charge in [0.2, 0.25) is 0 Å². The minimum Gasteiger partial charge on any atom is -0.506 e. The molecule has 0 aliphatic rings. The number of para-hydroxylation sites is 1.